The molecule has 0 aliphatic rings. The molecule has 0 spiro atoms. The van der Waals surface area contributed by atoms with Crippen molar-refractivity contribution in [3.05, 3.63) is 64.7 Å². The molecule has 3 aromatic heterocycles. The number of aryl methyl sites for hydroxylation is 1. The summed E-state index contributed by atoms with van der Waals surface area (Å²) < 4.78 is 1.85. The van der Waals surface area contributed by atoms with Crippen LogP contribution in [0.2, 0.25) is 0 Å². The molecule has 6 nitrogen and oxygen atoms in total. The Hall–Kier alpha value is -3.19. The molecule has 4 aromatic rings. The van der Waals surface area contributed by atoms with Crippen molar-refractivity contribution in [1.82, 2.24) is 20.1 Å². The summed E-state index contributed by atoms with van der Waals surface area (Å²) in [5, 5.41) is 17.8. The zero-order chi connectivity index (χ0) is 21.3. The standard InChI is InChI=1S/C23H24N4O2S/c1-14(2)27-22-19(13-25-27)18(12-20(26-22)21-8-7-15(3)30-21)23(29)24-10-9-16-5-4-6-17(28)11-16/h4-8,11-14,28H,9-10H2,1-3H3,(H,24,29). The number of nitrogens with zero attached hydrogens (tertiary/aromatic N) is 3. The van der Waals surface area contributed by atoms with Gasteiger partial charge in [-0.2, -0.15) is 5.10 Å². The van der Waals surface area contributed by atoms with E-state index in [1.165, 1.54) is 4.88 Å². The number of aromatic nitrogens is 3. The van der Waals surface area contributed by atoms with Crippen LogP contribution in [-0.4, -0.2) is 32.3 Å². The molecule has 2 N–H and O–H groups in total. The predicted octanol–water partition coefficient (Wildman–Crippen LogP) is 4.73. The summed E-state index contributed by atoms with van der Waals surface area (Å²) in [6.45, 7) is 6.62. The van der Waals surface area contributed by atoms with Gasteiger partial charge in [0.2, 0.25) is 0 Å². The van der Waals surface area contributed by atoms with E-state index in [-0.39, 0.29) is 17.7 Å². The molecule has 1 aromatic carbocycles. The van der Waals surface area contributed by atoms with Crippen molar-refractivity contribution in [3.63, 3.8) is 0 Å². The summed E-state index contributed by atoms with van der Waals surface area (Å²) >= 11 is 1.66. The molecule has 0 unspecified atom stereocenters. The number of aromatic hydroxyl groups is 1. The summed E-state index contributed by atoms with van der Waals surface area (Å²) in [5.41, 5.74) is 3.04. The van der Waals surface area contributed by atoms with Crippen molar-refractivity contribution in [3.8, 4) is 16.3 Å². The highest BCUT2D eigenvalue weighted by Crippen LogP contribution is 2.30. The second-order valence-corrected chi connectivity index (χ2v) is 8.85. The predicted molar refractivity (Wildman–Crippen MR) is 120 cm³/mol. The highest BCUT2D eigenvalue weighted by atomic mass is 32.1. The van der Waals surface area contributed by atoms with Crippen LogP contribution in [0, 0.1) is 6.92 Å². The summed E-state index contributed by atoms with van der Waals surface area (Å²) in [7, 11) is 0. The van der Waals surface area contributed by atoms with Crippen molar-refractivity contribution in [2.24, 2.45) is 0 Å². The normalized spacial score (nSPS) is 11.3. The van der Waals surface area contributed by atoms with Crippen molar-refractivity contribution in [2.45, 2.75) is 33.2 Å². The minimum absolute atomic E-state index is 0.136. The smallest absolute Gasteiger partial charge is 0.252 e. The van der Waals surface area contributed by atoms with Crippen molar-refractivity contribution in [1.29, 1.82) is 0 Å². The largest absolute Gasteiger partial charge is 0.508 e. The Morgan fingerprint density at radius 1 is 1.23 bits per heavy atom. The summed E-state index contributed by atoms with van der Waals surface area (Å²) in [6, 6.07) is 13.2. The van der Waals surface area contributed by atoms with Crippen LogP contribution in [0.15, 0.2) is 48.7 Å². The van der Waals surface area contributed by atoms with Crippen LogP contribution in [0.1, 0.15) is 40.7 Å². The van der Waals surface area contributed by atoms with E-state index in [1.807, 2.05) is 36.7 Å². The molecule has 0 aliphatic carbocycles. The van der Waals surface area contributed by atoms with E-state index >= 15 is 0 Å². The number of thiophene rings is 1. The number of hydrogen-bond donors (Lipinski definition) is 2. The maximum absolute atomic E-state index is 13.1. The van der Waals surface area contributed by atoms with E-state index in [9.17, 15) is 9.90 Å². The summed E-state index contributed by atoms with van der Waals surface area (Å²) in [5.74, 6) is 0.0760. The molecule has 4 rings (SSSR count). The fraction of sp³-hybridized carbons (Fsp3) is 0.261. The van der Waals surface area contributed by atoms with Crippen LogP contribution in [0.3, 0.4) is 0 Å². The Balaban J connectivity index is 1.65. The van der Waals surface area contributed by atoms with E-state index in [2.05, 4.69) is 23.4 Å². The number of pyridine rings is 1. The Morgan fingerprint density at radius 3 is 2.77 bits per heavy atom. The van der Waals surface area contributed by atoms with Gasteiger partial charge in [-0.15, -0.1) is 11.3 Å². The zero-order valence-electron chi connectivity index (χ0n) is 17.2. The topological polar surface area (TPSA) is 80.0 Å². The number of benzene rings is 1. The van der Waals surface area contributed by atoms with Gasteiger partial charge in [0.15, 0.2) is 5.65 Å². The minimum Gasteiger partial charge on any atom is -0.508 e. The third-order valence-electron chi connectivity index (χ3n) is 4.90. The number of carbonyl (C=O) groups excluding carboxylic acids is 1. The molecule has 0 aliphatic heterocycles. The van der Waals surface area contributed by atoms with Gasteiger partial charge in [-0.05, 0) is 63.1 Å². The Bertz CT molecular complexity index is 1210. The zero-order valence-corrected chi connectivity index (χ0v) is 18.0. The van der Waals surface area contributed by atoms with Crippen LogP contribution in [0.5, 0.6) is 5.75 Å². The lowest BCUT2D eigenvalue weighted by Crippen LogP contribution is -2.26. The third-order valence-corrected chi connectivity index (χ3v) is 5.93. The van der Waals surface area contributed by atoms with E-state index in [4.69, 9.17) is 4.98 Å². The molecule has 0 atom stereocenters. The maximum atomic E-state index is 13.1. The number of phenols is 1. The van der Waals surface area contributed by atoms with E-state index in [0.717, 1.165) is 21.5 Å². The van der Waals surface area contributed by atoms with Gasteiger partial charge in [0.1, 0.15) is 5.75 Å². The molecule has 3 heterocycles. The fourth-order valence-electron chi connectivity index (χ4n) is 3.41. The number of amides is 1. The molecule has 0 saturated heterocycles. The molecule has 0 saturated carbocycles. The monoisotopic (exact) mass is 420 g/mol. The van der Waals surface area contributed by atoms with Crippen molar-refractivity contribution in [2.75, 3.05) is 6.54 Å². The Morgan fingerprint density at radius 2 is 2.07 bits per heavy atom. The van der Waals surface area contributed by atoms with Crippen molar-refractivity contribution < 1.29 is 9.90 Å². The van der Waals surface area contributed by atoms with E-state index in [0.29, 0.717) is 24.2 Å². The molecule has 1 amide bonds. The third kappa shape index (κ3) is 4.07. The first kappa shape index (κ1) is 20.1. The molecule has 0 bridgehead atoms. The Kier molecular flexibility index (Phi) is 5.55. The van der Waals surface area contributed by atoms with Gasteiger partial charge in [0.05, 0.1) is 27.7 Å². The number of phenolic OH excluding ortho intramolecular Hbond substituents is 1. The second-order valence-electron chi connectivity index (χ2n) is 7.56. The van der Waals surface area contributed by atoms with Crippen LogP contribution >= 0.6 is 11.3 Å². The van der Waals surface area contributed by atoms with Crippen LogP contribution in [-0.2, 0) is 6.42 Å². The highest BCUT2D eigenvalue weighted by Gasteiger charge is 2.19. The first-order chi connectivity index (χ1) is 14.4. The lowest BCUT2D eigenvalue weighted by Gasteiger charge is -2.10. The van der Waals surface area contributed by atoms with E-state index in [1.54, 1.807) is 35.7 Å². The van der Waals surface area contributed by atoms with Crippen LogP contribution in [0.25, 0.3) is 21.6 Å². The van der Waals surface area contributed by atoms with E-state index < -0.39 is 0 Å². The number of rotatable bonds is 6. The lowest BCUT2D eigenvalue weighted by molar-refractivity contribution is 0.0955. The molecular formula is C23H24N4O2S. The second kappa shape index (κ2) is 8.28. The molecule has 30 heavy (non-hydrogen) atoms. The number of hydrogen-bond acceptors (Lipinski definition) is 5. The Labute approximate surface area is 179 Å². The average molecular weight is 421 g/mol. The molecule has 0 fully saturated rings. The highest BCUT2D eigenvalue weighted by molar-refractivity contribution is 7.15. The number of carbonyl (C=O) groups is 1. The van der Waals surface area contributed by atoms with Gasteiger partial charge in [-0.3, -0.25) is 4.79 Å². The number of fused-ring (bicyclic) bond motifs is 1. The molecule has 0 radical (unpaired) electrons. The first-order valence-corrected chi connectivity index (χ1v) is 10.7. The lowest BCUT2D eigenvalue weighted by atomic mass is 10.1. The number of nitrogens with one attached hydrogen (secondary N) is 1. The van der Waals surface area contributed by atoms with Crippen LogP contribution in [0.4, 0.5) is 0 Å². The fourth-order valence-corrected chi connectivity index (χ4v) is 4.24. The average Bonchev–Trinajstić information content (AvgIpc) is 3.33. The maximum Gasteiger partial charge on any atom is 0.252 e. The molecule has 154 valence electrons. The minimum atomic E-state index is -0.152. The summed E-state index contributed by atoms with van der Waals surface area (Å²) in [6.07, 6.45) is 2.35. The molecular weight excluding hydrogens is 396 g/mol. The van der Waals surface area contributed by atoms with Gasteiger partial charge in [0, 0.05) is 17.5 Å². The van der Waals surface area contributed by atoms with Gasteiger partial charge in [-0.25, -0.2) is 9.67 Å². The van der Waals surface area contributed by atoms with Gasteiger partial charge in [-0.1, -0.05) is 12.1 Å². The van der Waals surface area contributed by atoms with Gasteiger partial charge >= 0.3 is 0 Å². The van der Waals surface area contributed by atoms with Gasteiger partial charge in [0.25, 0.3) is 5.91 Å². The van der Waals surface area contributed by atoms with Crippen LogP contribution < -0.4 is 5.32 Å². The molecule has 7 heteroatoms. The quantitative estimate of drug-likeness (QED) is 0.473. The first-order valence-electron chi connectivity index (χ1n) is 9.93. The van der Waals surface area contributed by atoms with Gasteiger partial charge < -0.3 is 10.4 Å². The summed E-state index contributed by atoms with van der Waals surface area (Å²) in [4.78, 5) is 20.1. The SMILES string of the molecule is Cc1ccc(-c2cc(C(=O)NCCc3cccc(O)c3)c3cnn(C(C)C)c3n2)s1. The van der Waals surface area contributed by atoms with Crippen molar-refractivity contribution >= 4 is 28.3 Å².